The number of carbonyl (C=O) groups is 1. The van der Waals surface area contributed by atoms with Gasteiger partial charge in [0.15, 0.2) is 0 Å². The third kappa shape index (κ3) is 8.86. The zero-order valence-corrected chi connectivity index (χ0v) is 14.1. The Hall–Kier alpha value is -1.31. The SMILES string of the molecule is CCCCC(CCCCCCCCC(=O)O)c1ccccc1. The fourth-order valence-corrected chi connectivity index (χ4v) is 3.03. The average molecular weight is 304 g/mol. The topological polar surface area (TPSA) is 37.3 Å². The first-order valence-corrected chi connectivity index (χ1v) is 9.00. The van der Waals surface area contributed by atoms with Gasteiger partial charge in [0.2, 0.25) is 0 Å². The summed E-state index contributed by atoms with van der Waals surface area (Å²) in [6.45, 7) is 2.26. The maximum atomic E-state index is 10.4. The van der Waals surface area contributed by atoms with Crippen molar-refractivity contribution < 1.29 is 9.90 Å². The molecular formula is C20H32O2. The lowest BCUT2D eigenvalue weighted by molar-refractivity contribution is -0.137. The number of benzene rings is 1. The minimum Gasteiger partial charge on any atom is -0.481 e. The second-order valence-electron chi connectivity index (χ2n) is 6.30. The number of aliphatic carboxylic acids is 1. The van der Waals surface area contributed by atoms with Gasteiger partial charge in [-0.1, -0.05) is 82.2 Å². The van der Waals surface area contributed by atoms with Crippen LogP contribution in [0.15, 0.2) is 30.3 Å². The molecule has 0 aliphatic carbocycles. The summed E-state index contributed by atoms with van der Waals surface area (Å²) in [7, 11) is 0. The van der Waals surface area contributed by atoms with Gasteiger partial charge in [-0.15, -0.1) is 0 Å². The van der Waals surface area contributed by atoms with Crippen molar-refractivity contribution in [1.82, 2.24) is 0 Å². The molecule has 0 saturated carbocycles. The second-order valence-corrected chi connectivity index (χ2v) is 6.30. The highest BCUT2D eigenvalue weighted by Gasteiger charge is 2.10. The molecule has 1 aromatic rings. The Morgan fingerprint density at radius 1 is 0.909 bits per heavy atom. The van der Waals surface area contributed by atoms with Crippen LogP contribution in [0.2, 0.25) is 0 Å². The molecule has 2 nitrogen and oxygen atoms in total. The monoisotopic (exact) mass is 304 g/mol. The summed E-state index contributed by atoms with van der Waals surface area (Å²) < 4.78 is 0. The Labute approximate surface area is 135 Å². The molecule has 0 aromatic heterocycles. The van der Waals surface area contributed by atoms with Crippen molar-refractivity contribution in [3.05, 3.63) is 35.9 Å². The first-order chi connectivity index (χ1) is 10.7. The lowest BCUT2D eigenvalue weighted by Crippen LogP contribution is -1.99. The van der Waals surface area contributed by atoms with Crippen LogP contribution in [0.25, 0.3) is 0 Å². The summed E-state index contributed by atoms with van der Waals surface area (Å²) >= 11 is 0. The first-order valence-electron chi connectivity index (χ1n) is 9.00. The molecule has 0 fully saturated rings. The van der Waals surface area contributed by atoms with E-state index < -0.39 is 5.97 Å². The molecule has 0 heterocycles. The third-order valence-corrected chi connectivity index (χ3v) is 4.37. The number of unbranched alkanes of at least 4 members (excludes halogenated alkanes) is 6. The molecule has 1 rings (SSSR count). The zero-order chi connectivity index (χ0) is 16.0. The molecule has 1 aromatic carbocycles. The molecule has 124 valence electrons. The molecular weight excluding hydrogens is 272 g/mol. The lowest BCUT2D eigenvalue weighted by atomic mass is 9.88. The Balaban J connectivity index is 2.17. The van der Waals surface area contributed by atoms with Crippen molar-refractivity contribution in [1.29, 1.82) is 0 Å². The van der Waals surface area contributed by atoms with Gasteiger partial charge in [0.1, 0.15) is 0 Å². The predicted octanol–water partition coefficient (Wildman–Crippen LogP) is 6.17. The summed E-state index contributed by atoms with van der Waals surface area (Å²) in [5.41, 5.74) is 1.50. The predicted molar refractivity (Wildman–Crippen MR) is 93.3 cm³/mol. The van der Waals surface area contributed by atoms with Crippen molar-refractivity contribution in [2.24, 2.45) is 0 Å². The van der Waals surface area contributed by atoms with E-state index >= 15 is 0 Å². The highest BCUT2D eigenvalue weighted by atomic mass is 16.4. The normalized spacial score (nSPS) is 12.2. The van der Waals surface area contributed by atoms with Gasteiger partial charge in [0.25, 0.3) is 0 Å². The van der Waals surface area contributed by atoms with E-state index in [1.807, 2.05) is 0 Å². The number of hydrogen-bond donors (Lipinski definition) is 1. The molecule has 1 unspecified atom stereocenters. The summed E-state index contributed by atoms with van der Waals surface area (Å²) in [4.78, 5) is 10.4. The summed E-state index contributed by atoms with van der Waals surface area (Å²) in [6, 6.07) is 10.9. The molecule has 2 heteroatoms. The smallest absolute Gasteiger partial charge is 0.303 e. The van der Waals surface area contributed by atoms with Gasteiger partial charge in [-0.05, 0) is 30.7 Å². The molecule has 1 atom stereocenters. The molecule has 0 saturated heterocycles. The minimum absolute atomic E-state index is 0.326. The van der Waals surface area contributed by atoms with Gasteiger partial charge in [-0.3, -0.25) is 4.79 Å². The van der Waals surface area contributed by atoms with Crippen LogP contribution >= 0.6 is 0 Å². The van der Waals surface area contributed by atoms with E-state index in [0.29, 0.717) is 12.3 Å². The van der Waals surface area contributed by atoms with Crippen molar-refractivity contribution >= 4 is 5.97 Å². The largest absolute Gasteiger partial charge is 0.481 e. The Bertz CT molecular complexity index is 386. The maximum absolute atomic E-state index is 10.4. The van der Waals surface area contributed by atoms with Crippen LogP contribution in [0, 0.1) is 0 Å². The summed E-state index contributed by atoms with van der Waals surface area (Å²) in [6.07, 6.45) is 12.4. The van der Waals surface area contributed by atoms with E-state index in [1.54, 1.807) is 0 Å². The van der Waals surface area contributed by atoms with Gasteiger partial charge < -0.3 is 5.11 Å². The number of rotatable bonds is 13. The zero-order valence-electron chi connectivity index (χ0n) is 14.1. The van der Waals surface area contributed by atoms with Crippen LogP contribution in [-0.2, 0) is 4.79 Å². The van der Waals surface area contributed by atoms with Gasteiger partial charge >= 0.3 is 5.97 Å². The van der Waals surface area contributed by atoms with Crippen molar-refractivity contribution in [2.45, 2.75) is 83.5 Å². The Morgan fingerprint density at radius 2 is 1.50 bits per heavy atom. The second kappa shape index (κ2) is 12.3. The maximum Gasteiger partial charge on any atom is 0.303 e. The van der Waals surface area contributed by atoms with Crippen molar-refractivity contribution in [3.8, 4) is 0 Å². The van der Waals surface area contributed by atoms with Crippen LogP contribution in [0.1, 0.15) is 89.0 Å². The molecule has 0 spiro atoms. The standard InChI is InChI=1S/C20H32O2/c1-2-3-13-18(19-15-10-8-11-16-19)14-9-6-4-5-7-12-17-20(21)22/h8,10-11,15-16,18H,2-7,9,12-14,17H2,1H3,(H,21,22). The van der Waals surface area contributed by atoms with E-state index in [-0.39, 0.29) is 0 Å². The van der Waals surface area contributed by atoms with Gasteiger partial charge in [-0.2, -0.15) is 0 Å². The van der Waals surface area contributed by atoms with Gasteiger partial charge in [0, 0.05) is 6.42 Å². The Morgan fingerprint density at radius 3 is 2.14 bits per heavy atom. The van der Waals surface area contributed by atoms with E-state index in [4.69, 9.17) is 5.11 Å². The molecule has 0 aliphatic rings. The number of hydrogen-bond acceptors (Lipinski definition) is 1. The van der Waals surface area contributed by atoms with Crippen molar-refractivity contribution in [2.75, 3.05) is 0 Å². The molecule has 0 aliphatic heterocycles. The average Bonchev–Trinajstić information content (AvgIpc) is 2.53. The van der Waals surface area contributed by atoms with Crippen LogP contribution in [0.3, 0.4) is 0 Å². The Kier molecular flexibility index (Phi) is 10.4. The van der Waals surface area contributed by atoms with E-state index in [0.717, 1.165) is 12.8 Å². The fraction of sp³-hybridized carbons (Fsp3) is 0.650. The quantitative estimate of drug-likeness (QED) is 0.443. The lowest BCUT2D eigenvalue weighted by Gasteiger charge is -2.17. The molecule has 0 amide bonds. The molecule has 22 heavy (non-hydrogen) atoms. The minimum atomic E-state index is -0.665. The van der Waals surface area contributed by atoms with Crippen LogP contribution in [0.5, 0.6) is 0 Å². The highest BCUT2D eigenvalue weighted by molar-refractivity contribution is 5.66. The number of carboxylic acid groups (broad SMARTS) is 1. The molecule has 1 N–H and O–H groups in total. The highest BCUT2D eigenvalue weighted by Crippen LogP contribution is 2.28. The summed E-state index contributed by atoms with van der Waals surface area (Å²) in [5, 5.41) is 8.59. The van der Waals surface area contributed by atoms with E-state index in [1.165, 1.54) is 56.9 Å². The van der Waals surface area contributed by atoms with Crippen LogP contribution in [-0.4, -0.2) is 11.1 Å². The van der Waals surface area contributed by atoms with Crippen LogP contribution < -0.4 is 0 Å². The molecule has 0 radical (unpaired) electrons. The number of carboxylic acids is 1. The fourth-order valence-electron chi connectivity index (χ4n) is 3.03. The van der Waals surface area contributed by atoms with Crippen molar-refractivity contribution in [3.63, 3.8) is 0 Å². The van der Waals surface area contributed by atoms with E-state index in [2.05, 4.69) is 37.3 Å². The van der Waals surface area contributed by atoms with Gasteiger partial charge in [-0.25, -0.2) is 0 Å². The van der Waals surface area contributed by atoms with Gasteiger partial charge in [0.05, 0.1) is 0 Å². The van der Waals surface area contributed by atoms with Crippen LogP contribution in [0.4, 0.5) is 0 Å². The first kappa shape index (κ1) is 18.7. The van der Waals surface area contributed by atoms with E-state index in [9.17, 15) is 4.79 Å². The third-order valence-electron chi connectivity index (χ3n) is 4.37. The summed E-state index contributed by atoms with van der Waals surface area (Å²) in [5.74, 6) is 0.0507. The molecule has 0 bridgehead atoms.